The quantitative estimate of drug-likeness (QED) is 0.304. The molecule has 0 saturated carbocycles. The number of carbonyl (C=O) groups excluding carboxylic acids is 1. The maximum Gasteiger partial charge on any atom is 0.335 e. The minimum Gasteiger partial charge on any atom is -0.496 e. The van der Waals surface area contributed by atoms with Gasteiger partial charge in [-0.15, -0.1) is 0 Å². The van der Waals surface area contributed by atoms with Gasteiger partial charge in [0.15, 0.2) is 0 Å². The second-order valence-corrected chi connectivity index (χ2v) is 8.36. The van der Waals surface area contributed by atoms with E-state index in [0.717, 1.165) is 44.5 Å². The van der Waals surface area contributed by atoms with Crippen molar-refractivity contribution < 1.29 is 28.6 Å². The van der Waals surface area contributed by atoms with Gasteiger partial charge in [-0.1, -0.05) is 30.3 Å². The summed E-state index contributed by atoms with van der Waals surface area (Å²) in [7, 11) is 3.22. The molecule has 0 saturated heterocycles. The molecule has 4 rings (SSSR count). The zero-order chi connectivity index (χ0) is 25.8. The number of ether oxygens (including phenoxy) is 2. The van der Waals surface area contributed by atoms with Gasteiger partial charge in [-0.2, -0.15) is 0 Å². The van der Waals surface area contributed by atoms with Crippen molar-refractivity contribution in [3.8, 4) is 22.6 Å². The first kappa shape index (κ1) is 24.6. The van der Waals surface area contributed by atoms with Gasteiger partial charge in [0, 0.05) is 40.3 Å². The molecule has 184 valence electrons. The number of methoxy groups -OCH3 is 2. The SMILES string of the molecule is COc1ccccc1-c1coc2c(C)c(OC)c(/C(C)=C/C(=O)NCc3ccc(C(=O)O)cc3)cc12. The Hall–Kier alpha value is -4.52. The van der Waals surface area contributed by atoms with E-state index in [0.29, 0.717) is 11.3 Å². The molecule has 36 heavy (non-hydrogen) atoms. The Bertz CT molecular complexity index is 1460. The highest BCUT2D eigenvalue weighted by Crippen LogP contribution is 2.42. The van der Waals surface area contributed by atoms with E-state index in [1.807, 2.05) is 44.2 Å². The van der Waals surface area contributed by atoms with Gasteiger partial charge in [-0.3, -0.25) is 4.79 Å². The maximum atomic E-state index is 12.7. The van der Waals surface area contributed by atoms with Crippen molar-refractivity contribution in [2.24, 2.45) is 0 Å². The second-order valence-electron chi connectivity index (χ2n) is 8.36. The van der Waals surface area contributed by atoms with Crippen LogP contribution in [0, 0.1) is 6.92 Å². The molecule has 0 unspecified atom stereocenters. The number of amides is 1. The third kappa shape index (κ3) is 4.81. The van der Waals surface area contributed by atoms with Crippen LogP contribution in [0.4, 0.5) is 0 Å². The lowest BCUT2D eigenvalue weighted by molar-refractivity contribution is -0.116. The van der Waals surface area contributed by atoms with E-state index in [4.69, 9.17) is 19.0 Å². The van der Waals surface area contributed by atoms with Crippen LogP contribution in [0.2, 0.25) is 0 Å². The molecule has 7 heteroatoms. The predicted molar refractivity (Wildman–Crippen MR) is 138 cm³/mol. The minimum absolute atomic E-state index is 0.199. The molecule has 7 nitrogen and oxygen atoms in total. The van der Waals surface area contributed by atoms with Gasteiger partial charge in [0.2, 0.25) is 5.91 Å². The number of carboxylic acid groups (broad SMARTS) is 1. The Labute approximate surface area is 209 Å². The first-order valence-electron chi connectivity index (χ1n) is 11.3. The van der Waals surface area contributed by atoms with Crippen LogP contribution in [0.3, 0.4) is 0 Å². The molecule has 1 amide bonds. The minimum atomic E-state index is -0.989. The van der Waals surface area contributed by atoms with Crippen molar-refractivity contribution >= 4 is 28.4 Å². The third-order valence-electron chi connectivity index (χ3n) is 6.09. The first-order chi connectivity index (χ1) is 17.3. The van der Waals surface area contributed by atoms with Crippen molar-refractivity contribution in [1.29, 1.82) is 0 Å². The van der Waals surface area contributed by atoms with Gasteiger partial charge >= 0.3 is 5.97 Å². The number of rotatable bonds is 8. The monoisotopic (exact) mass is 485 g/mol. The van der Waals surface area contributed by atoms with Crippen molar-refractivity contribution in [3.05, 3.63) is 89.2 Å². The summed E-state index contributed by atoms with van der Waals surface area (Å²) >= 11 is 0. The summed E-state index contributed by atoms with van der Waals surface area (Å²) in [6.45, 7) is 4.05. The number of nitrogens with one attached hydrogen (secondary N) is 1. The number of hydrogen-bond acceptors (Lipinski definition) is 5. The summed E-state index contributed by atoms with van der Waals surface area (Å²) in [4.78, 5) is 23.7. The van der Waals surface area contributed by atoms with E-state index in [-0.39, 0.29) is 18.0 Å². The molecular formula is C29H27NO6. The topological polar surface area (TPSA) is 98.0 Å². The fraction of sp³-hybridized carbons (Fsp3) is 0.172. The number of carboxylic acids is 1. The van der Waals surface area contributed by atoms with E-state index in [2.05, 4.69) is 5.32 Å². The Morgan fingerprint density at radius 3 is 2.42 bits per heavy atom. The van der Waals surface area contributed by atoms with Crippen molar-refractivity contribution in [3.63, 3.8) is 0 Å². The third-order valence-corrected chi connectivity index (χ3v) is 6.09. The summed E-state index contributed by atoms with van der Waals surface area (Å²) in [5, 5.41) is 12.8. The molecule has 0 radical (unpaired) electrons. The van der Waals surface area contributed by atoms with Crippen molar-refractivity contribution in [2.75, 3.05) is 14.2 Å². The second kappa shape index (κ2) is 10.4. The van der Waals surface area contributed by atoms with Gasteiger partial charge in [0.05, 0.1) is 26.0 Å². The molecule has 0 aliphatic carbocycles. The van der Waals surface area contributed by atoms with Crippen LogP contribution in [0.25, 0.3) is 27.7 Å². The van der Waals surface area contributed by atoms with Gasteiger partial charge in [-0.25, -0.2) is 4.79 Å². The number of benzene rings is 3. The smallest absolute Gasteiger partial charge is 0.335 e. The zero-order valence-electron chi connectivity index (χ0n) is 20.5. The predicted octanol–water partition coefficient (Wildman–Crippen LogP) is 5.84. The number of aryl methyl sites for hydroxylation is 1. The van der Waals surface area contributed by atoms with Crippen LogP contribution < -0.4 is 14.8 Å². The molecule has 3 aromatic carbocycles. The van der Waals surface area contributed by atoms with Crippen LogP contribution in [0.5, 0.6) is 11.5 Å². The van der Waals surface area contributed by atoms with E-state index >= 15 is 0 Å². The number of furan rings is 1. The molecule has 0 atom stereocenters. The van der Waals surface area contributed by atoms with Gasteiger partial charge in [-0.05, 0) is 49.2 Å². The van der Waals surface area contributed by atoms with Crippen LogP contribution in [-0.2, 0) is 11.3 Å². The Kier molecular flexibility index (Phi) is 7.10. The maximum absolute atomic E-state index is 12.7. The molecule has 0 fully saturated rings. The van der Waals surface area contributed by atoms with Crippen LogP contribution >= 0.6 is 0 Å². The normalized spacial score (nSPS) is 11.4. The van der Waals surface area contributed by atoms with Gasteiger partial charge < -0.3 is 24.3 Å². The lowest BCUT2D eigenvalue weighted by Crippen LogP contribution is -2.20. The summed E-state index contributed by atoms with van der Waals surface area (Å²) in [6, 6.07) is 16.1. The number of hydrogen-bond donors (Lipinski definition) is 2. The van der Waals surface area contributed by atoms with Crippen LogP contribution in [0.15, 0.2) is 71.4 Å². The lowest BCUT2D eigenvalue weighted by atomic mass is 9.96. The molecule has 0 bridgehead atoms. The highest BCUT2D eigenvalue weighted by atomic mass is 16.5. The molecule has 4 aromatic rings. The van der Waals surface area contributed by atoms with E-state index in [1.165, 1.54) is 18.2 Å². The molecule has 0 aliphatic heterocycles. The fourth-order valence-electron chi connectivity index (χ4n) is 4.23. The number of aromatic carboxylic acids is 1. The molecule has 1 heterocycles. The van der Waals surface area contributed by atoms with Crippen molar-refractivity contribution in [1.82, 2.24) is 5.32 Å². The number of allylic oxidation sites excluding steroid dienone is 1. The van der Waals surface area contributed by atoms with Gasteiger partial charge in [0.25, 0.3) is 0 Å². The Balaban J connectivity index is 1.65. The van der Waals surface area contributed by atoms with E-state index < -0.39 is 5.97 Å². The lowest BCUT2D eigenvalue weighted by Gasteiger charge is -2.14. The average molecular weight is 486 g/mol. The number of para-hydroxylation sites is 1. The van der Waals surface area contributed by atoms with E-state index in [1.54, 1.807) is 32.6 Å². The summed E-state index contributed by atoms with van der Waals surface area (Å²) < 4.78 is 17.2. The highest BCUT2D eigenvalue weighted by molar-refractivity contribution is 6.02. The first-order valence-corrected chi connectivity index (χ1v) is 11.3. The van der Waals surface area contributed by atoms with Crippen LogP contribution in [0.1, 0.15) is 34.0 Å². The van der Waals surface area contributed by atoms with Gasteiger partial charge in [0.1, 0.15) is 17.1 Å². The Morgan fingerprint density at radius 2 is 1.75 bits per heavy atom. The number of carbonyl (C=O) groups is 2. The summed E-state index contributed by atoms with van der Waals surface area (Å²) in [5.74, 6) is 0.107. The highest BCUT2D eigenvalue weighted by Gasteiger charge is 2.20. The summed E-state index contributed by atoms with van der Waals surface area (Å²) in [6.07, 6.45) is 3.23. The molecule has 1 aromatic heterocycles. The Morgan fingerprint density at radius 1 is 1.03 bits per heavy atom. The number of fused-ring (bicyclic) bond motifs is 1. The molecule has 0 aliphatic rings. The molecule has 2 N–H and O–H groups in total. The fourth-order valence-corrected chi connectivity index (χ4v) is 4.23. The summed E-state index contributed by atoms with van der Waals surface area (Å²) in [5.41, 5.74) is 5.83. The molecular weight excluding hydrogens is 458 g/mol. The average Bonchev–Trinajstić information content (AvgIpc) is 3.31. The zero-order valence-corrected chi connectivity index (χ0v) is 20.5. The van der Waals surface area contributed by atoms with Crippen LogP contribution in [-0.4, -0.2) is 31.2 Å². The standard InChI is InChI=1S/C29H27NO6/c1-17(13-26(31)30-15-19-9-11-20(12-10-19)29(32)33)22-14-23-24(21-7-5-6-8-25(21)34-3)16-36-28(23)18(2)27(22)35-4/h5-14,16H,15H2,1-4H3,(H,30,31)(H,32,33)/b17-13+. The van der Waals surface area contributed by atoms with E-state index in [9.17, 15) is 9.59 Å². The molecule has 0 spiro atoms. The largest absolute Gasteiger partial charge is 0.496 e. The van der Waals surface area contributed by atoms with Crippen molar-refractivity contribution in [2.45, 2.75) is 20.4 Å².